The maximum absolute atomic E-state index is 9.17. The summed E-state index contributed by atoms with van der Waals surface area (Å²) in [5, 5.41) is 13.3. The highest BCUT2D eigenvalue weighted by atomic mass is 16.5. The summed E-state index contributed by atoms with van der Waals surface area (Å²) in [5.74, 6) is 1.32. The molecular weight excluding hydrogens is 364 g/mol. The molecule has 0 bridgehead atoms. The first-order valence-corrected chi connectivity index (χ1v) is 10.2. The van der Waals surface area contributed by atoms with Crippen LogP contribution in [0.3, 0.4) is 0 Å². The number of piperazine rings is 1. The Hall–Kier alpha value is -2.54. The highest BCUT2D eigenvalue weighted by Gasteiger charge is 2.26. The zero-order valence-corrected chi connectivity index (χ0v) is 17.1. The molecular formula is C23H28N4O2. The predicted octanol–water partition coefficient (Wildman–Crippen LogP) is 3.42. The summed E-state index contributed by atoms with van der Waals surface area (Å²) >= 11 is 0. The van der Waals surface area contributed by atoms with Gasteiger partial charge in [0.1, 0.15) is 0 Å². The van der Waals surface area contributed by atoms with Crippen molar-refractivity contribution in [2.24, 2.45) is 0 Å². The van der Waals surface area contributed by atoms with Crippen LogP contribution in [0, 0.1) is 6.92 Å². The van der Waals surface area contributed by atoms with Crippen LogP contribution in [0.5, 0.6) is 0 Å². The minimum absolute atomic E-state index is 0.0954. The van der Waals surface area contributed by atoms with Crippen molar-refractivity contribution in [1.82, 2.24) is 19.9 Å². The number of nitrogens with zero attached hydrogens (tertiary/aromatic N) is 4. The second kappa shape index (κ2) is 8.86. The minimum atomic E-state index is 0.0954. The van der Waals surface area contributed by atoms with E-state index in [0.29, 0.717) is 11.7 Å². The van der Waals surface area contributed by atoms with E-state index in [2.05, 4.69) is 58.1 Å². The number of aryl methyl sites for hydroxylation is 1. The molecule has 0 saturated carbocycles. The van der Waals surface area contributed by atoms with Crippen LogP contribution in [0.15, 0.2) is 53.1 Å². The van der Waals surface area contributed by atoms with Crippen LogP contribution in [0.25, 0.3) is 11.4 Å². The molecule has 29 heavy (non-hydrogen) atoms. The molecule has 1 atom stereocenters. The smallest absolute Gasteiger partial charge is 0.244 e. The lowest BCUT2D eigenvalue weighted by atomic mass is 10.1. The number of aromatic nitrogens is 2. The van der Waals surface area contributed by atoms with Crippen molar-refractivity contribution in [3.8, 4) is 11.4 Å². The molecule has 6 nitrogen and oxygen atoms in total. The maximum atomic E-state index is 9.17. The Bertz CT molecular complexity index is 913. The van der Waals surface area contributed by atoms with Gasteiger partial charge in [0.2, 0.25) is 11.7 Å². The summed E-state index contributed by atoms with van der Waals surface area (Å²) in [7, 11) is 0. The molecule has 1 unspecified atom stereocenters. The first-order valence-electron chi connectivity index (χ1n) is 10.2. The zero-order valence-electron chi connectivity index (χ0n) is 17.1. The second-order valence-electron chi connectivity index (χ2n) is 7.78. The average molecular weight is 393 g/mol. The Morgan fingerprint density at radius 2 is 1.62 bits per heavy atom. The van der Waals surface area contributed by atoms with Crippen molar-refractivity contribution < 1.29 is 9.63 Å². The quantitative estimate of drug-likeness (QED) is 0.693. The lowest BCUT2D eigenvalue weighted by Crippen LogP contribution is -2.46. The summed E-state index contributed by atoms with van der Waals surface area (Å²) in [4.78, 5) is 9.50. The molecule has 0 spiro atoms. The highest BCUT2D eigenvalue weighted by molar-refractivity contribution is 5.54. The summed E-state index contributed by atoms with van der Waals surface area (Å²) in [6.07, 6.45) is 0. The number of rotatable bonds is 6. The number of aliphatic hydroxyl groups excluding tert-OH is 1. The minimum Gasteiger partial charge on any atom is -0.392 e. The van der Waals surface area contributed by atoms with Gasteiger partial charge in [0.05, 0.1) is 12.6 Å². The SMILES string of the molecule is Cc1ccc(-c2noc(C(C)N3CCN(Cc4ccc(CO)cc4)CC3)n2)cc1. The molecule has 0 radical (unpaired) electrons. The van der Waals surface area contributed by atoms with E-state index in [1.807, 2.05) is 24.3 Å². The van der Waals surface area contributed by atoms with Crippen LogP contribution in [-0.4, -0.2) is 51.2 Å². The molecule has 1 N–H and O–H groups in total. The van der Waals surface area contributed by atoms with Gasteiger partial charge in [-0.05, 0) is 25.0 Å². The van der Waals surface area contributed by atoms with Crippen LogP contribution in [0.1, 0.15) is 35.5 Å². The van der Waals surface area contributed by atoms with Gasteiger partial charge in [-0.1, -0.05) is 59.3 Å². The van der Waals surface area contributed by atoms with Crippen molar-refractivity contribution in [3.63, 3.8) is 0 Å². The largest absolute Gasteiger partial charge is 0.392 e. The molecule has 0 amide bonds. The molecule has 6 heteroatoms. The highest BCUT2D eigenvalue weighted by Crippen LogP contribution is 2.24. The molecule has 2 heterocycles. The van der Waals surface area contributed by atoms with E-state index in [1.165, 1.54) is 11.1 Å². The van der Waals surface area contributed by atoms with Gasteiger partial charge in [-0.3, -0.25) is 9.80 Å². The third-order valence-corrected chi connectivity index (χ3v) is 5.68. The Balaban J connectivity index is 1.33. The molecule has 1 fully saturated rings. The monoisotopic (exact) mass is 392 g/mol. The lowest BCUT2D eigenvalue weighted by Gasteiger charge is -2.36. The van der Waals surface area contributed by atoms with Crippen molar-refractivity contribution in [2.45, 2.75) is 33.0 Å². The van der Waals surface area contributed by atoms with E-state index in [9.17, 15) is 0 Å². The molecule has 0 aliphatic carbocycles. The van der Waals surface area contributed by atoms with Gasteiger partial charge >= 0.3 is 0 Å². The summed E-state index contributed by atoms with van der Waals surface area (Å²) in [6.45, 7) is 9.18. The molecule has 1 aliphatic rings. The summed E-state index contributed by atoms with van der Waals surface area (Å²) < 4.78 is 5.57. The van der Waals surface area contributed by atoms with Crippen LogP contribution < -0.4 is 0 Å². The molecule has 4 rings (SSSR count). The first-order chi connectivity index (χ1) is 14.1. The fourth-order valence-electron chi connectivity index (χ4n) is 3.70. The fourth-order valence-corrected chi connectivity index (χ4v) is 3.70. The van der Waals surface area contributed by atoms with E-state index in [4.69, 9.17) is 9.63 Å². The molecule has 1 aliphatic heterocycles. The number of hydrogen-bond acceptors (Lipinski definition) is 6. The van der Waals surface area contributed by atoms with Gasteiger partial charge in [0, 0.05) is 38.3 Å². The van der Waals surface area contributed by atoms with Gasteiger partial charge in [-0.25, -0.2) is 0 Å². The van der Waals surface area contributed by atoms with E-state index in [-0.39, 0.29) is 12.6 Å². The van der Waals surface area contributed by atoms with E-state index in [0.717, 1.165) is 43.9 Å². The summed E-state index contributed by atoms with van der Waals surface area (Å²) in [5.41, 5.74) is 4.43. The van der Waals surface area contributed by atoms with Crippen molar-refractivity contribution in [1.29, 1.82) is 0 Å². The first kappa shape index (κ1) is 19.8. The number of benzene rings is 2. The third kappa shape index (κ3) is 4.72. The van der Waals surface area contributed by atoms with E-state index >= 15 is 0 Å². The van der Waals surface area contributed by atoms with Crippen LogP contribution >= 0.6 is 0 Å². The van der Waals surface area contributed by atoms with E-state index in [1.54, 1.807) is 0 Å². The van der Waals surface area contributed by atoms with E-state index < -0.39 is 0 Å². The van der Waals surface area contributed by atoms with Gasteiger partial charge in [-0.2, -0.15) is 4.98 Å². The zero-order chi connectivity index (χ0) is 20.2. The van der Waals surface area contributed by atoms with Crippen molar-refractivity contribution in [3.05, 3.63) is 71.1 Å². The molecule has 3 aromatic rings. The Morgan fingerprint density at radius 3 is 2.28 bits per heavy atom. The molecule has 1 saturated heterocycles. The normalized spacial score (nSPS) is 16.8. The van der Waals surface area contributed by atoms with Crippen LogP contribution in [-0.2, 0) is 13.2 Å². The van der Waals surface area contributed by atoms with Gasteiger partial charge < -0.3 is 9.63 Å². The Labute approximate surface area is 171 Å². The number of hydrogen-bond donors (Lipinski definition) is 1. The Morgan fingerprint density at radius 1 is 0.966 bits per heavy atom. The molecule has 2 aromatic carbocycles. The maximum Gasteiger partial charge on any atom is 0.244 e. The second-order valence-corrected chi connectivity index (χ2v) is 7.78. The fraction of sp³-hybridized carbons (Fsp3) is 0.391. The average Bonchev–Trinajstić information content (AvgIpc) is 3.25. The van der Waals surface area contributed by atoms with Gasteiger partial charge in [-0.15, -0.1) is 0 Å². The molecule has 1 aromatic heterocycles. The summed E-state index contributed by atoms with van der Waals surface area (Å²) in [6, 6.07) is 16.5. The van der Waals surface area contributed by atoms with Crippen molar-refractivity contribution in [2.75, 3.05) is 26.2 Å². The third-order valence-electron chi connectivity index (χ3n) is 5.68. The number of aliphatic hydroxyl groups is 1. The Kier molecular flexibility index (Phi) is 6.04. The van der Waals surface area contributed by atoms with Crippen LogP contribution in [0.2, 0.25) is 0 Å². The lowest BCUT2D eigenvalue weighted by molar-refractivity contribution is 0.0845. The van der Waals surface area contributed by atoms with Gasteiger partial charge in [0.15, 0.2) is 0 Å². The van der Waals surface area contributed by atoms with Gasteiger partial charge in [0.25, 0.3) is 0 Å². The molecule has 152 valence electrons. The standard InChI is InChI=1S/C23H28N4O2/c1-17-3-9-21(10-4-17)22-24-23(29-25-22)18(2)27-13-11-26(12-14-27)15-19-5-7-20(16-28)8-6-19/h3-10,18,28H,11-16H2,1-2H3. The topological polar surface area (TPSA) is 65.6 Å². The predicted molar refractivity (Wildman–Crippen MR) is 112 cm³/mol. The van der Waals surface area contributed by atoms with Crippen LogP contribution in [0.4, 0.5) is 0 Å². The van der Waals surface area contributed by atoms with Crippen molar-refractivity contribution >= 4 is 0 Å².